The van der Waals surface area contributed by atoms with Crippen LogP contribution in [0.25, 0.3) is 0 Å². The summed E-state index contributed by atoms with van der Waals surface area (Å²) in [4.78, 5) is 16.9. The number of hydrogen-bond acceptors (Lipinski definition) is 8. The molecule has 2 heterocycles. The quantitative estimate of drug-likeness (QED) is 0.441. The van der Waals surface area contributed by atoms with Crippen LogP contribution in [0, 0.1) is 0 Å². The van der Waals surface area contributed by atoms with E-state index in [1.807, 2.05) is 13.8 Å². The smallest absolute Gasteiger partial charge is 0.262 e. The number of anilines is 1. The van der Waals surface area contributed by atoms with E-state index < -0.39 is 10.0 Å². The van der Waals surface area contributed by atoms with Gasteiger partial charge in [-0.05, 0) is 36.8 Å². The van der Waals surface area contributed by atoms with Gasteiger partial charge in [-0.2, -0.15) is 4.98 Å². The van der Waals surface area contributed by atoms with Crippen molar-refractivity contribution in [1.29, 1.82) is 0 Å². The molecule has 0 fully saturated rings. The SMILES string of the molecule is CC(C)c1noc(CCCNC(=O)c2cccc(NS(=O)(=O)c3ccc4c(c3)OCCO4)c2)n1. The first-order valence-corrected chi connectivity index (χ1v) is 12.4. The van der Waals surface area contributed by atoms with E-state index in [-0.39, 0.29) is 22.4 Å². The molecule has 1 aromatic heterocycles. The lowest BCUT2D eigenvalue weighted by Crippen LogP contribution is -2.25. The Labute approximate surface area is 197 Å². The van der Waals surface area contributed by atoms with Crippen LogP contribution in [0.4, 0.5) is 5.69 Å². The van der Waals surface area contributed by atoms with Crippen LogP contribution in [0.3, 0.4) is 0 Å². The highest BCUT2D eigenvalue weighted by molar-refractivity contribution is 7.92. The Morgan fingerprint density at radius 1 is 1.09 bits per heavy atom. The van der Waals surface area contributed by atoms with E-state index in [0.717, 1.165) is 0 Å². The summed E-state index contributed by atoms with van der Waals surface area (Å²) in [6.07, 6.45) is 1.18. The normalized spacial score (nSPS) is 13.0. The van der Waals surface area contributed by atoms with Gasteiger partial charge in [0.25, 0.3) is 15.9 Å². The number of ether oxygens (including phenoxy) is 2. The van der Waals surface area contributed by atoms with Crippen LogP contribution in [-0.2, 0) is 16.4 Å². The second-order valence-electron chi connectivity index (χ2n) is 8.05. The minimum atomic E-state index is -3.89. The highest BCUT2D eigenvalue weighted by atomic mass is 32.2. The fourth-order valence-electron chi connectivity index (χ4n) is 3.28. The Bertz CT molecular complexity index is 1270. The first-order valence-electron chi connectivity index (χ1n) is 10.9. The predicted octanol–water partition coefficient (Wildman–Crippen LogP) is 3.13. The van der Waals surface area contributed by atoms with E-state index in [1.165, 1.54) is 18.2 Å². The molecule has 2 N–H and O–H groups in total. The summed E-state index contributed by atoms with van der Waals surface area (Å²) in [7, 11) is -3.89. The van der Waals surface area contributed by atoms with Gasteiger partial charge >= 0.3 is 0 Å². The molecular weight excluding hydrogens is 460 g/mol. The molecular formula is C23H26N4O6S. The summed E-state index contributed by atoms with van der Waals surface area (Å²) in [5, 5.41) is 6.73. The summed E-state index contributed by atoms with van der Waals surface area (Å²) < 4.78 is 44.3. The number of rotatable bonds is 9. The Hall–Kier alpha value is -3.60. The van der Waals surface area contributed by atoms with Crippen LogP contribution in [0.5, 0.6) is 11.5 Å². The molecule has 0 bridgehead atoms. The van der Waals surface area contributed by atoms with Crippen molar-refractivity contribution in [3.63, 3.8) is 0 Å². The Balaban J connectivity index is 1.34. The molecule has 11 heteroatoms. The molecule has 0 saturated carbocycles. The maximum Gasteiger partial charge on any atom is 0.262 e. The molecule has 0 radical (unpaired) electrons. The number of amides is 1. The lowest BCUT2D eigenvalue weighted by Gasteiger charge is -2.19. The predicted molar refractivity (Wildman–Crippen MR) is 124 cm³/mol. The van der Waals surface area contributed by atoms with Gasteiger partial charge in [0.1, 0.15) is 13.2 Å². The van der Waals surface area contributed by atoms with Crippen LogP contribution in [0.2, 0.25) is 0 Å². The third kappa shape index (κ3) is 5.66. The second-order valence-corrected chi connectivity index (χ2v) is 9.73. The van der Waals surface area contributed by atoms with E-state index in [4.69, 9.17) is 14.0 Å². The molecule has 1 amide bonds. The molecule has 1 aliphatic rings. The van der Waals surface area contributed by atoms with E-state index in [9.17, 15) is 13.2 Å². The number of nitrogens with zero attached hydrogens (tertiary/aromatic N) is 2. The number of hydrogen-bond donors (Lipinski definition) is 2. The molecule has 10 nitrogen and oxygen atoms in total. The second kappa shape index (κ2) is 10.1. The van der Waals surface area contributed by atoms with Crippen LogP contribution in [0.1, 0.15) is 48.3 Å². The van der Waals surface area contributed by atoms with Crippen LogP contribution < -0.4 is 19.5 Å². The van der Waals surface area contributed by atoms with Gasteiger partial charge in [0.2, 0.25) is 5.89 Å². The molecule has 0 atom stereocenters. The fourth-order valence-corrected chi connectivity index (χ4v) is 4.34. The summed E-state index contributed by atoms with van der Waals surface area (Å²) in [5.74, 6) is 1.96. The zero-order valence-corrected chi connectivity index (χ0v) is 19.7. The highest BCUT2D eigenvalue weighted by Crippen LogP contribution is 2.32. The largest absolute Gasteiger partial charge is 0.486 e. The van der Waals surface area contributed by atoms with Crippen molar-refractivity contribution >= 4 is 21.6 Å². The Morgan fingerprint density at radius 2 is 1.88 bits per heavy atom. The van der Waals surface area contributed by atoms with Gasteiger partial charge in [0.15, 0.2) is 17.3 Å². The number of aromatic nitrogens is 2. The van der Waals surface area contributed by atoms with Crippen molar-refractivity contribution in [3.05, 3.63) is 59.7 Å². The van der Waals surface area contributed by atoms with Gasteiger partial charge in [-0.1, -0.05) is 25.1 Å². The van der Waals surface area contributed by atoms with Crippen molar-refractivity contribution in [2.75, 3.05) is 24.5 Å². The molecule has 2 aromatic carbocycles. The Kier molecular flexibility index (Phi) is 7.01. The molecule has 180 valence electrons. The van der Waals surface area contributed by atoms with Gasteiger partial charge in [-0.25, -0.2) is 8.42 Å². The average molecular weight is 487 g/mol. The van der Waals surface area contributed by atoms with Crippen molar-refractivity contribution < 1.29 is 27.2 Å². The summed E-state index contributed by atoms with van der Waals surface area (Å²) in [6, 6.07) is 10.7. The van der Waals surface area contributed by atoms with Crippen molar-refractivity contribution in [2.24, 2.45) is 0 Å². The number of nitrogens with one attached hydrogen (secondary N) is 2. The first kappa shape index (κ1) is 23.6. The van der Waals surface area contributed by atoms with E-state index in [2.05, 4.69) is 20.2 Å². The van der Waals surface area contributed by atoms with Gasteiger partial charge in [0, 0.05) is 36.2 Å². The topological polar surface area (TPSA) is 133 Å². The third-order valence-electron chi connectivity index (χ3n) is 5.05. The molecule has 3 aromatic rings. The molecule has 0 saturated heterocycles. The van der Waals surface area contributed by atoms with Crippen molar-refractivity contribution in [1.82, 2.24) is 15.5 Å². The zero-order chi connectivity index (χ0) is 24.1. The minimum absolute atomic E-state index is 0.0354. The summed E-state index contributed by atoms with van der Waals surface area (Å²) in [6.45, 7) is 5.15. The van der Waals surface area contributed by atoms with Crippen molar-refractivity contribution in [2.45, 2.75) is 37.5 Å². The summed E-state index contributed by atoms with van der Waals surface area (Å²) >= 11 is 0. The molecule has 0 unspecified atom stereocenters. The van der Waals surface area contributed by atoms with Crippen molar-refractivity contribution in [3.8, 4) is 11.5 Å². The number of benzene rings is 2. The number of fused-ring (bicyclic) bond motifs is 1. The standard InChI is InChI=1S/C23H26N4O6S/c1-15(2)22-25-21(33-26-22)7-4-10-24-23(28)16-5-3-6-17(13-16)27-34(29,30)18-8-9-19-20(14-18)32-12-11-31-19/h3,5-6,8-9,13-15,27H,4,7,10-12H2,1-2H3,(H,24,28). The van der Waals surface area contributed by atoms with E-state index in [0.29, 0.717) is 61.4 Å². The number of carbonyl (C=O) groups is 1. The lowest BCUT2D eigenvalue weighted by atomic mass is 10.2. The monoisotopic (exact) mass is 486 g/mol. The van der Waals surface area contributed by atoms with E-state index in [1.54, 1.807) is 24.3 Å². The summed E-state index contributed by atoms with van der Waals surface area (Å²) in [5.41, 5.74) is 0.608. The fraction of sp³-hybridized carbons (Fsp3) is 0.348. The third-order valence-corrected chi connectivity index (χ3v) is 6.43. The molecule has 4 rings (SSSR count). The van der Waals surface area contributed by atoms with Crippen LogP contribution in [0.15, 0.2) is 51.9 Å². The Morgan fingerprint density at radius 3 is 2.65 bits per heavy atom. The number of aryl methyl sites for hydroxylation is 1. The first-order chi connectivity index (χ1) is 16.3. The zero-order valence-electron chi connectivity index (χ0n) is 18.9. The van der Waals surface area contributed by atoms with Gasteiger partial charge in [-0.3, -0.25) is 9.52 Å². The van der Waals surface area contributed by atoms with Gasteiger partial charge in [-0.15, -0.1) is 0 Å². The van der Waals surface area contributed by atoms with Gasteiger partial charge in [0.05, 0.1) is 4.90 Å². The number of carbonyl (C=O) groups excluding carboxylic acids is 1. The maximum atomic E-state index is 12.8. The van der Waals surface area contributed by atoms with Crippen LogP contribution in [-0.4, -0.2) is 44.2 Å². The average Bonchev–Trinajstić information content (AvgIpc) is 3.31. The minimum Gasteiger partial charge on any atom is -0.486 e. The van der Waals surface area contributed by atoms with Crippen LogP contribution >= 0.6 is 0 Å². The molecule has 34 heavy (non-hydrogen) atoms. The molecule has 1 aliphatic heterocycles. The number of sulfonamides is 1. The van der Waals surface area contributed by atoms with Gasteiger partial charge < -0.3 is 19.3 Å². The lowest BCUT2D eigenvalue weighted by molar-refractivity contribution is 0.0953. The molecule has 0 spiro atoms. The highest BCUT2D eigenvalue weighted by Gasteiger charge is 2.20. The van der Waals surface area contributed by atoms with E-state index >= 15 is 0 Å². The maximum absolute atomic E-state index is 12.8. The molecule has 0 aliphatic carbocycles.